The SMILES string of the molecule is COCCC(CNCC(C)C)Cc1ccc(C)cc1. The van der Waals surface area contributed by atoms with E-state index in [-0.39, 0.29) is 0 Å². The van der Waals surface area contributed by atoms with Gasteiger partial charge in [0.1, 0.15) is 0 Å². The fourth-order valence-corrected chi connectivity index (χ4v) is 2.19. The zero-order chi connectivity index (χ0) is 14.1. The molecule has 0 aliphatic rings. The van der Waals surface area contributed by atoms with Crippen molar-refractivity contribution in [1.29, 1.82) is 0 Å². The lowest BCUT2D eigenvalue weighted by atomic mass is 9.95. The van der Waals surface area contributed by atoms with Crippen LogP contribution in [0.3, 0.4) is 0 Å². The smallest absolute Gasteiger partial charge is 0.0465 e. The van der Waals surface area contributed by atoms with Crippen molar-refractivity contribution in [2.45, 2.75) is 33.6 Å². The van der Waals surface area contributed by atoms with E-state index in [9.17, 15) is 0 Å². The zero-order valence-electron chi connectivity index (χ0n) is 12.9. The highest BCUT2D eigenvalue weighted by Gasteiger charge is 2.10. The van der Waals surface area contributed by atoms with Gasteiger partial charge in [0.2, 0.25) is 0 Å². The fraction of sp³-hybridized carbons (Fsp3) is 0.647. The largest absolute Gasteiger partial charge is 0.385 e. The molecular weight excluding hydrogens is 234 g/mol. The summed E-state index contributed by atoms with van der Waals surface area (Å²) < 4.78 is 5.23. The normalized spacial score (nSPS) is 12.9. The number of rotatable bonds is 9. The van der Waals surface area contributed by atoms with E-state index in [1.165, 1.54) is 11.1 Å². The predicted octanol–water partition coefficient (Wildman–Crippen LogP) is 3.44. The first-order valence-electron chi connectivity index (χ1n) is 7.37. The lowest BCUT2D eigenvalue weighted by molar-refractivity contribution is 0.176. The van der Waals surface area contributed by atoms with Crippen molar-refractivity contribution in [3.8, 4) is 0 Å². The van der Waals surface area contributed by atoms with Crippen LogP contribution in [0.1, 0.15) is 31.4 Å². The van der Waals surface area contributed by atoms with Crippen molar-refractivity contribution >= 4 is 0 Å². The molecule has 1 atom stereocenters. The molecule has 0 aliphatic carbocycles. The van der Waals surface area contributed by atoms with Gasteiger partial charge in [0.05, 0.1) is 0 Å². The first-order valence-corrected chi connectivity index (χ1v) is 7.37. The summed E-state index contributed by atoms with van der Waals surface area (Å²) in [5.41, 5.74) is 2.76. The van der Waals surface area contributed by atoms with Gasteiger partial charge in [-0.3, -0.25) is 0 Å². The number of nitrogens with one attached hydrogen (secondary N) is 1. The van der Waals surface area contributed by atoms with Crippen molar-refractivity contribution in [3.05, 3.63) is 35.4 Å². The third-order valence-electron chi connectivity index (χ3n) is 3.36. The van der Waals surface area contributed by atoms with Gasteiger partial charge in [-0.1, -0.05) is 43.7 Å². The Balaban J connectivity index is 2.45. The van der Waals surface area contributed by atoms with Gasteiger partial charge in [0.25, 0.3) is 0 Å². The van der Waals surface area contributed by atoms with Crippen LogP contribution >= 0.6 is 0 Å². The average Bonchev–Trinajstić information content (AvgIpc) is 2.38. The van der Waals surface area contributed by atoms with Crippen LogP contribution in [0.25, 0.3) is 0 Å². The Morgan fingerprint density at radius 3 is 2.37 bits per heavy atom. The molecule has 0 amide bonds. The number of aryl methyl sites for hydroxylation is 1. The second kappa shape index (κ2) is 9.11. The molecule has 2 heteroatoms. The number of hydrogen-bond acceptors (Lipinski definition) is 2. The van der Waals surface area contributed by atoms with Crippen molar-refractivity contribution < 1.29 is 4.74 Å². The molecule has 1 aromatic carbocycles. The summed E-state index contributed by atoms with van der Waals surface area (Å²) in [5, 5.41) is 3.57. The molecular formula is C17H29NO. The van der Waals surface area contributed by atoms with Gasteiger partial charge >= 0.3 is 0 Å². The highest BCUT2D eigenvalue weighted by atomic mass is 16.5. The van der Waals surface area contributed by atoms with Crippen LogP contribution in [0.2, 0.25) is 0 Å². The third-order valence-corrected chi connectivity index (χ3v) is 3.36. The maximum Gasteiger partial charge on any atom is 0.0465 e. The van der Waals surface area contributed by atoms with Gasteiger partial charge in [-0.05, 0) is 50.3 Å². The Bertz CT molecular complexity index is 332. The van der Waals surface area contributed by atoms with Crippen molar-refractivity contribution in [2.24, 2.45) is 11.8 Å². The van der Waals surface area contributed by atoms with E-state index >= 15 is 0 Å². The lowest BCUT2D eigenvalue weighted by Gasteiger charge is -2.18. The van der Waals surface area contributed by atoms with Crippen LogP contribution in [0.5, 0.6) is 0 Å². The van der Waals surface area contributed by atoms with Crippen molar-refractivity contribution in [2.75, 3.05) is 26.8 Å². The molecule has 0 bridgehead atoms. The summed E-state index contributed by atoms with van der Waals surface area (Å²) in [5.74, 6) is 1.36. The molecule has 0 spiro atoms. The number of hydrogen-bond donors (Lipinski definition) is 1. The van der Waals surface area contributed by atoms with Gasteiger partial charge in [-0.15, -0.1) is 0 Å². The Morgan fingerprint density at radius 2 is 1.79 bits per heavy atom. The Hall–Kier alpha value is -0.860. The molecule has 1 N–H and O–H groups in total. The minimum atomic E-state index is 0.654. The standard InChI is InChI=1S/C17H29NO/c1-14(2)12-18-13-17(9-10-19-4)11-16-7-5-15(3)6-8-16/h5-8,14,17-18H,9-13H2,1-4H3. The molecule has 0 radical (unpaired) electrons. The topological polar surface area (TPSA) is 21.3 Å². The van der Waals surface area contributed by atoms with Gasteiger partial charge in [0, 0.05) is 13.7 Å². The molecule has 1 rings (SSSR count). The van der Waals surface area contributed by atoms with Gasteiger partial charge in [-0.2, -0.15) is 0 Å². The molecule has 108 valence electrons. The van der Waals surface area contributed by atoms with Gasteiger partial charge in [0.15, 0.2) is 0 Å². The molecule has 1 aromatic rings. The Kier molecular flexibility index (Phi) is 7.76. The molecule has 0 aliphatic heterocycles. The summed E-state index contributed by atoms with van der Waals surface area (Å²) in [6, 6.07) is 8.89. The second-order valence-corrected chi connectivity index (χ2v) is 5.89. The molecule has 0 saturated heterocycles. The molecule has 0 fully saturated rings. The summed E-state index contributed by atoms with van der Waals surface area (Å²) in [6.07, 6.45) is 2.25. The van der Waals surface area contributed by atoms with E-state index in [0.29, 0.717) is 11.8 Å². The highest BCUT2D eigenvalue weighted by Crippen LogP contribution is 2.13. The predicted molar refractivity (Wildman–Crippen MR) is 82.6 cm³/mol. The molecule has 19 heavy (non-hydrogen) atoms. The number of ether oxygens (including phenoxy) is 1. The van der Waals surface area contributed by atoms with E-state index < -0.39 is 0 Å². The minimum absolute atomic E-state index is 0.654. The Labute approximate surface area is 118 Å². The van der Waals surface area contributed by atoms with E-state index in [1.807, 2.05) is 0 Å². The Morgan fingerprint density at radius 1 is 1.11 bits per heavy atom. The summed E-state index contributed by atoms with van der Waals surface area (Å²) in [7, 11) is 1.78. The van der Waals surface area contributed by atoms with Crippen LogP contribution in [0.4, 0.5) is 0 Å². The molecule has 0 aromatic heterocycles. The minimum Gasteiger partial charge on any atom is -0.385 e. The second-order valence-electron chi connectivity index (χ2n) is 5.89. The summed E-state index contributed by atoms with van der Waals surface area (Å²) >= 11 is 0. The van der Waals surface area contributed by atoms with Crippen LogP contribution in [-0.2, 0) is 11.2 Å². The summed E-state index contributed by atoms with van der Waals surface area (Å²) in [4.78, 5) is 0. The van der Waals surface area contributed by atoms with Crippen molar-refractivity contribution in [1.82, 2.24) is 5.32 Å². The molecule has 0 heterocycles. The average molecular weight is 263 g/mol. The fourth-order valence-electron chi connectivity index (χ4n) is 2.19. The molecule has 0 saturated carbocycles. The van der Waals surface area contributed by atoms with Crippen LogP contribution in [-0.4, -0.2) is 26.8 Å². The zero-order valence-corrected chi connectivity index (χ0v) is 12.9. The van der Waals surface area contributed by atoms with Crippen LogP contribution < -0.4 is 5.32 Å². The van der Waals surface area contributed by atoms with Gasteiger partial charge < -0.3 is 10.1 Å². The molecule has 1 unspecified atom stereocenters. The lowest BCUT2D eigenvalue weighted by Crippen LogP contribution is -2.28. The number of benzene rings is 1. The summed E-state index contributed by atoms with van der Waals surface area (Å²) in [6.45, 7) is 9.65. The van der Waals surface area contributed by atoms with Gasteiger partial charge in [-0.25, -0.2) is 0 Å². The number of methoxy groups -OCH3 is 1. The van der Waals surface area contributed by atoms with Crippen LogP contribution in [0, 0.1) is 18.8 Å². The van der Waals surface area contributed by atoms with E-state index in [0.717, 1.165) is 32.5 Å². The monoisotopic (exact) mass is 263 g/mol. The van der Waals surface area contributed by atoms with E-state index in [2.05, 4.69) is 50.4 Å². The first-order chi connectivity index (χ1) is 9.11. The molecule has 2 nitrogen and oxygen atoms in total. The van der Waals surface area contributed by atoms with Crippen LogP contribution in [0.15, 0.2) is 24.3 Å². The van der Waals surface area contributed by atoms with E-state index in [1.54, 1.807) is 7.11 Å². The maximum absolute atomic E-state index is 5.23. The van der Waals surface area contributed by atoms with E-state index in [4.69, 9.17) is 4.74 Å². The van der Waals surface area contributed by atoms with Crippen molar-refractivity contribution in [3.63, 3.8) is 0 Å². The third kappa shape index (κ3) is 7.34. The quantitative estimate of drug-likeness (QED) is 0.737. The first kappa shape index (κ1) is 16.2. The highest BCUT2D eigenvalue weighted by molar-refractivity contribution is 5.21. The maximum atomic E-state index is 5.23.